The monoisotopic (exact) mass is 443 g/mol. The highest BCUT2D eigenvalue weighted by molar-refractivity contribution is 8.00. The van der Waals surface area contributed by atoms with E-state index in [9.17, 15) is 4.79 Å². The van der Waals surface area contributed by atoms with Gasteiger partial charge in [-0.3, -0.25) is 4.79 Å². The minimum absolute atomic E-state index is 0.138. The number of carbonyl (C=O) groups excluding carboxylic acids is 1. The normalized spacial score (nSPS) is 17.7. The molecule has 2 atom stereocenters. The highest BCUT2D eigenvalue weighted by Crippen LogP contribution is 2.38. The average molecular weight is 444 g/mol. The predicted molar refractivity (Wildman–Crippen MR) is 119 cm³/mol. The van der Waals surface area contributed by atoms with Crippen molar-refractivity contribution in [1.82, 2.24) is 14.9 Å². The number of methoxy groups -OCH3 is 1. The van der Waals surface area contributed by atoms with Gasteiger partial charge in [0.05, 0.1) is 13.2 Å². The molecule has 0 unspecified atom stereocenters. The van der Waals surface area contributed by atoms with E-state index < -0.39 is 5.25 Å². The van der Waals surface area contributed by atoms with Crippen molar-refractivity contribution in [3.05, 3.63) is 64.4 Å². The van der Waals surface area contributed by atoms with Crippen molar-refractivity contribution in [3.63, 3.8) is 0 Å². The van der Waals surface area contributed by atoms with Crippen molar-refractivity contribution in [2.45, 2.75) is 36.7 Å². The lowest BCUT2D eigenvalue weighted by molar-refractivity contribution is -0.116. The third-order valence-corrected chi connectivity index (χ3v) is 6.62. The van der Waals surface area contributed by atoms with Crippen LogP contribution in [0.3, 0.4) is 0 Å². The molecule has 0 saturated carbocycles. The maximum Gasteiger partial charge on any atom is 0.240 e. The SMILES string of the molecule is CCc1nnc2n1N[C@H](c1ccc(OC)cc1)[C@@H](C(=O)Nc1ccc(C)c(Cl)c1)S2. The number of fused-ring (bicyclic) bond motifs is 1. The zero-order chi connectivity index (χ0) is 21.3. The zero-order valence-electron chi connectivity index (χ0n) is 16.8. The number of carbonyl (C=O) groups is 1. The maximum atomic E-state index is 13.3. The number of hydrogen-bond acceptors (Lipinski definition) is 6. The molecule has 0 aliphatic carbocycles. The Balaban J connectivity index is 1.66. The van der Waals surface area contributed by atoms with Gasteiger partial charge in [0.2, 0.25) is 11.1 Å². The molecule has 3 aromatic rings. The van der Waals surface area contributed by atoms with Gasteiger partial charge in [-0.1, -0.05) is 48.5 Å². The Kier molecular flexibility index (Phi) is 5.87. The summed E-state index contributed by atoms with van der Waals surface area (Å²) in [6.45, 7) is 3.94. The van der Waals surface area contributed by atoms with Crippen molar-refractivity contribution >= 4 is 35.0 Å². The molecule has 0 saturated heterocycles. The average Bonchev–Trinajstić information content (AvgIpc) is 3.17. The molecular formula is C21H22ClN5O2S. The quantitative estimate of drug-likeness (QED) is 0.614. The summed E-state index contributed by atoms with van der Waals surface area (Å²) in [6.07, 6.45) is 0.731. The van der Waals surface area contributed by atoms with Crippen molar-refractivity contribution < 1.29 is 9.53 Å². The molecular weight excluding hydrogens is 422 g/mol. The standard InChI is InChI=1S/C21H22ClN5O2S/c1-4-17-24-25-21-27(17)26-18(13-6-9-15(29-3)10-7-13)19(30-21)20(28)23-14-8-5-12(2)16(22)11-14/h5-11,18-19,26H,4H2,1-3H3,(H,23,28)/t18-,19+/m1/s1. The Morgan fingerprint density at radius 3 is 2.70 bits per heavy atom. The predicted octanol–water partition coefficient (Wildman–Crippen LogP) is 4.21. The van der Waals surface area contributed by atoms with Crippen LogP contribution in [0.4, 0.5) is 5.69 Å². The fourth-order valence-corrected chi connectivity index (χ4v) is 4.55. The summed E-state index contributed by atoms with van der Waals surface area (Å²) in [6, 6.07) is 12.9. The van der Waals surface area contributed by atoms with Crippen LogP contribution in [0.25, 0.3) is 0 Å². The molecule has 1 aromatic heterocycles. The van der Waals surface area contributed by atoms with Gasteiger partial charge >= 0.3 is 0 Å². The van der Waals surface area contributed by atoms with Crippen LogP contribution in [0.2, 0.25) is 5.02 Å². The Hall–Kier alpha value is -2.71. The number of anilines is 1. The van der Waals surface area contributed by atoms with E-state index >= 15 is 0 Å². The zero-order valence-corrected chi connectivity index (χ0v) is 18.4. The summed E-state index contributed by atoms with van der Waals surface area (Å²) in [5, 5.41) is 12.3. The van der Waals surface area contributed by atoms with E-state index in [1.165, 1.54) is 11.8 Å². The van der Waals surface area contributed by atoms with E-state index in [2.05, 4.69) is 20.9 Å². The van der Waals surface area contributed by atoms with Gasteiger partial charge in [-0.05, 0) is 42.3 Å². The Labute approximate surface area is 184 Å². The van der Waals surface area contributed by atoms with E-state index in [-0.39, 0.29) is 11.9 Å². The molecule has 0 fully saturated rings. The Morgan fingerprint density at radius 2 is 2.03 bits per heavy atom. The lowest BCUT2D eigenvalue weighted by Crippen LogP contribution is -2.41. The first kappa shape index (κ1) is 20.6. The smallest absolute Gasteiger partial charge is 0.240 e. The molecule has 2 heterocycles. The van der Waals surface area contributed by atoms with Crippen LogP contribution < -0.4 is 15.5 Å². The fourth-order valence-electron chi connectivity index (χ4n) is 3.27. The molecule has 1 aliphatic heterocycles. The number of halogens is 1. The minimum Gasteiger partial charge on any atom is -0.497 e. The van der Waals surface area contributed by atoms with Gasteiger partial charge in [0.15, 0.2) is 5.82 Å². The summed E-state index contributed by atoms with van der Waals surface area (Å²) in [5.41, 5.74) is 6.01. The molecule has 4 rings (SSSR count). The van der Waals surface area contributed by atoms with E-state index in [0.717, 1.165) is 29.1 Å². The first-order valence-electron chi connectivity index (χ1n) is 9.58. The lowest BCUT2D eigenvalue weighted by Gasteiger charge is -2.33. The van der Waals surface area contributed by atoms with Crippen LogP contribution in [-0.4, -0.2) is 33.1 Å². The van der Waals surface area contributed by atoms with E-state index in [1.54, 1.807) is 13.2 Å². The summed E-state index contributed by atoms with van der Waals surface area (Å²) in [7, 11) is 1.63. The van der Waals surface area contributed by atoms with Gasteiger partial charge in [0.1, 0.15) is 11.0 Å². The molecule has 0 bridgehead atoms. The second kappa shape index (κ2) is 8.57. The number of nitrogens with one attached hydrogen (secondary N) is 2. The Bertz CT molecular complexity index is 1070. The first-order chi connectivity index (χ1) is 14.5. The molecule has 2 aromatic carbocycles. The van der Waals surface area contributed by atoms with Gasteiger partial charge in [-0.25, -0.2) is 4.68 Å². The molecule has 1 aliphatic rings. The number of thioether (sulfide) groups is 1. The third-order valence-electron chi connectivity index (χ3n) is 4.99. The van der Waals surface area contributed by atoms with Crippen LogP contribution in [0, 0.1) is 6.92 Å². The maximum absolute atomic E-state index is 13.3. The van der Waals surface area contributed by atoms with Crippen molar-refractivity contribution in [3.8, 4) is 5.75 Å². The van der Waals surface area contributed by atoms with Crippen molar-refractivity contribution in [2.75, 3.05) is 17.9 Å². The third kappa shape index (κ3) is 3.97. The molecule has 9 heteroatoms. The van der Waals surface area contributed by atoms with Gasteiger partial charge in [-0.2, -0.15) is 0 Å². The fraction of sp³-hybridized carbons (Fsp3) is 0.286. The summed E-state index contributed by atoms with van der Waals surface area (Å²) < 4.78 is 7.14. The number of nitrogens with zero attached hydrogens (tertiary/aromatic N) is 3. The molecule has 0 radical (unpaired) electrons. The Morgan fingerprint density at radius 1 is 1.27 bits per heavy atom. The minimum atomic E-state index is -0.458. The highest BCUT2D eigenvalue weighted by Gasteiger charge is 2.37. The second-order valence-corrected chi connectivity index (χ2v) is 8.48. The summed E-state index contributed by atoms with van der Waals surface area (Å²) >= 11 is 7.61. The lowest BCUT2D eigenvalue weighted by atomic mass is 10.0. The van der Waals surface area contributed by atoms with Gasteiger partial charge < -0.3 is 15.5 Å². The van der Waals surface area contributed by atoms with E-state index in [1.807, 2.05) is 54.9 Å². The summed E-state index contributed by atoms with van der Waals surface area (Å²) in [5.74, 6) is 1.44. The molecule has 156 valence electrons. The molecule has 30 heavy (non-hydrogen) atoms. The number of aryl methyl sites for hydroxylation is 2. The molecule has 0 spiro atoms. The highest BCUT2D eigenvalue weighted by atomic mass is 35.5. The van der Waals surface area contributed by atoms with Crippen LogP contribution >= 0.6 is 23.4 Å². The van der Waals surface area contributed by atoms with E-state index in [0.29, 0.717) is 15.9 Å². The van der Waals surface area contributed by atoms with Gasteiger partial charge in [0.25, 0.3) is 0 Å². The van der Waals surface area contributed by atoms with Gasteiger partial charge in [0, 0.05) is 17.1 Å². The number of benzene rings is 2. The van der Waals surface area contributed by atoms with Crippen molar-refractivity contribution in [1.29, 1.82) is 0 Å². The van der Waals surface area contributed by atoms with E-state index in [4.69, 9.17) is 16.3 Å². The van der Waals surface area contributed by atoms with Crippen LogP contribution in [0.15, 0.2) is 47.6 Å². The largest absolute Gasteiger partial charge is 0.497 e. The summed E-state index contributed by atoms with van der Waals surface area (Å²) in [4.78, 5) is 13.3. The van der Waals surface area contributed by atoms with Crippen LogP contribution in [0.1, 0.15) is 29.9 Å². The topological polar surface area (TPSA) is 81.1 Å². The number of amides is 1. The number of hydrogen-bond donors (Lipinski definition) is 2. The van der Waals surface area contributed by atoms with Crippen molar-refractivity contribution in [2.24, 2.45) is 0 Å². The second-order valence-electron chi connectivity index (χ2n) is 6.96. The molecule has 1 amide bonds. The van der Waals surface area contributed by atoms with Crippen LogP contribution in [-0.2, 0) is 11.2 Å². The van der Waals surface area contributed by atoms with Crippen LogP contribution in [0.5, 0.6) is 5.75 Å². The number of ether oxygens (including phenoxy) is 1. The number of aromatic nitrogens is 3. The van der Waals surface area contributed by atoms with Gasteiger partial charge in [-0.15, -0.1) is 10.2 Å². The molecule has 2 N–H and O–H groups in total. The number of rotatable bonds is 5. The molecule has 7 nitrogen and oxygen atoms in total. The first-order valence-corrected chi connectivity index (χ1v) is 10.8.